The second-order valence-corrected chi connectivity index (χ2v) is 4.93. The van der Waals surface area contributed by atoms with Gasteiger partial charge in [-0.3, -0.25) is 4.79 Å². The van der Waals surface area contributed by atoms with E-state index in [0.717, 1.165) is 6.29 Å². The van der Waals surface area contributed by atoms with Crippen molar-refractivity contribution >= 4 is 34.6 Å². The third-order valence-corrected chi connectivity index (χ3v) is 3.55. The number of rotatable bonds is 2. The molecule has 0 aromatic heterocycles. The third-order valence-electron chi connectivity index (χ3n) is 2.68. The summed E-state index contributed by atoms with van der Waals surface area (Å²) in [6.45, 7) is 2.75. The summed E-state index contributed by atoms with van der Waals surface area (Å²) in [6.07, 6.45) is 0.746. The van der Waals surface area contributed by atoms with Crippen LogP contribution in [-0.2, 0) is 9.53 Å². The molecule has 1 fully saturated rings. The summed E-state index contributed by atoms with van der Waals surface area (Å²) < 4.78 is 19.3. The van der Waals surface area contributed by atoms with Gasteiger partial charge in [0.15, 0.2) is 12.0 Å². The standard InChI is InChI=1S/C11H11FINO2/c1-11(7-15)14(4-5-16-11)8-2-3-10(13)9(12)6-8/h2-3,6-7H,4-5H2,1H3. The molecule has 0 spiro atoms. The molecule has 1 saturated heterocycles. The van der Waals surface area contributed by atoms with Gasteiger partial charge in [-0.1, -0.05) is 0 Å². The van der Waals surface area contributed by atoms with Crippen LogP contribution < -0.4 is 4.90 Å². The highest BCUT2D eigenvalue weighted by atomic mass is 127. The molecule has 1 aliphatic rings. The number of hydrogen-bond acceptors (Lipinski definition) is 3. The molecule has 0 saturated carbocycles. The molecule has 1 aliphatic heterocycles. The molecule has 0 radical (unpaired) electrons. The van der Waals surface area contributed by atoms with Gasteiger partial charge in [-0.25, -0.2) is 4.39 Å². The van der Waals surface area contributed by atoms with Gasteiger partial charge in [0.2, 0.25) is 0 Å². The predicted octanol–water partition coefficient (Wildman–Crippen LogP) is 2.18. The Morgan fingerprint density at radius 3 is 3.00 bits per heavy atom. The van der Waals surface area contributed by atoms with Crippen molar-refractivity contribution in [3.63, 3.8) is 0 Å². The van der Waals surface area contributed by atoms with Crippen molar-refractivity contribution in [2.24, 2.45) is 0 Å². The molecule has 1 atom stereocenters. The van der Waals surface area contributed by atoms with Crippen molar-refractivity contribution in [1.82, 2.24) is 0 Å². The Morgan fingerprint density at radius 2 is 2.38 bits per heavy atom. The van der Waals surface area contributed by atoms with Crippen LogP contribution in [0.15, 0.2) is 18.2 Å². The quantitative estimate of drug-likeness (QED) is 0.613. The second-order valence-electron chi connectivity index (χ2n) is 3.77. The summed E-state index contributed by atoms with van der Waals surface area (Å²) in [7, 11) is 0. The van der Waals surface area contributed by atoms with E-state index in [9.17, 15) is 9.18 Å². The Labute approximate surface area is 107 Å². The number of ether oxygens (including phenoxy) is 1. The molecule has 0 aliphatic carbocycles. The van der Waals surface area contributed by atoms with Gasteiger partial charge in [-0.05, 0) is 47.7 Å². The lowest BCUT2D eigenvalue weighted by atomic mass is 10.2. The normalized spacial score (nSPS) is 24.8. The van der Waals surface area contributed by atoms with E-state index in [1.54, 1.807) is 24.0 Å². The average molecular weight is 335 g/mol. The lowest BCUT2D eigenvalue weighted by molar-refractivity contribution is -0.123. The molecule has 0 bridgehead atoms. The molecule has 1 heterocycles. The minimum Gasteiger partial charge on any atom is -0.347 e. The first kappa shape index (κ1) is 11.8. The number of carbonyl (C=O) groups is 1. The number of halogens is 2. The maximum Gasteiger partial charge on any atom is 0.194 e. The van der Waals surface area contributed by atoms with Crippen LogP contribution in [0.4, 0.5) is 10.1 Å². The summed E-state index contributed by atoms with van der Waals surface area (Å²) in [5.74, 6) is -0.279. The van der Waals surface area contributed by atoms with E-state index in [1.807, 2.05) is 22.6 Å². The van der Waals surface area contributed by atoms with E-state index >= 15 is 0 Å². The Bertz CT molecular complexity index is 426. The van der Waals surface area contributed by atoms with Crippen LogP contribution in [0.1, 0.15) is 6.92 Å². The fourth-order valence-electron chi connectivity index (χ4n) is 1.78. The first-order valence-corrected chi connectivity index (χ1v) is 5.98. The fraction of sp³-hybridized carbons (Fsp3) is 0.364. The molecule has 16 heavy (non-hydrogen) atoms. The SMILES string of the molecule is CC1(C=O)OCCN1c1ccc(I)c(F)c1. The number of nitrogens with zero attached hydrogens (tertiary/aromatic N) is 1. The summed E-state index contributed by atoms with van der Waals surface area (Å²) in [4.78, 5) is 12.8. The van der Waals surface area contributed by atoms with Crippen molar-refractivity contribution in [3.8, 4) is 0 Å². The predicted molar refractivity (Wildman–Crippen MR) is 66.9 cm³/mol. The fourth-order valence-corrected chi connectivity index (χ4v) is 2.11. The van der Waals surface area contributed by atoms with E-state index in [4.69, 9.17) is 4.74 Å². The van der Waals surface area contributed by atoms with E-state index in [-0.39, 0.29) is 5.82 Å². The summed E-state index contributed by atoms with van der Waals surface area (Å²) in [5.41, 5.74) is -0.302. The van der Waals surface area contributed by atoms with Gasteiger partial charge in [0, 0.05) is 15.8 Å². The molecule has 2 rings (SSSR count). The van der Waals surface area contributed by atoms with Crippen LogP contribution in [0.3, 0.4) is 0 Å². The summed E-state index contributed by atoms with van der Waals surface area (Å²) in [5, 5.41) is 0. The number of carbonyl (C=O) groups excluding carboxylic acids is 1. The Morgan fingerprint density at radius 1 is 1.62 bits per heavy atom. The molecule has 1 aromatic carbocycles. The average Bonchev–Trinajstić information content (AvgIpc) is 2.65. The maximum atomic E-state index is 13.4. The number of hydrogen-bond donors (Lipinski definition) is 0. The van der Waals surface area contributed by atoms with Crippen molar-refractivity contribution in [3.05, 3.63) is 27.6 Å². The van der Waals surface area contributed by atoms with Crippen LogP contribution in [0.5, 0.6) is 0 Å². The van der Waals surface area contributed by atoms with Gasteiger partial charge in [0.25, 0.3) is 0 Å². The first-order valence-electron chi connectivity index (χ1n) is 4.90. The smallest absolute Gasteiger partial charge is 0.194 e. The summed E-state index contributed by atoms with van der Waals surface area (Å²) >= 11 is 1.93. The minimum atomic E-state index is -0.973. The highest BCUT2D eigenvalue weighted by Gasteiger charge is 2.37. The lowest BCUT2D eigenvalue weighted by Crippen LogP contribution is -2.43. The monoisotopic (exact) mass is 335 g/mol. The molecule has 1 unspecified atom stereocenters. The van der Waals surface area contributed by atoms with Crippen LogP contribution >= 0.6 is 22.6 Å². The number of benzene rings is 1. The molecule has 86 valence electrons. The third kappa shape index (κ3) is 1.93. The van der Waals surface area contributed by atoms with Gasteiger partial charge in [0.1, 0.15) is 5.82 Å². The van der Waals surface area contributed by atoms with E-state index in [0.29, 0.717) is 22.4 Å². The van der Waals surface area contributed by atoms with Crippen molar-refractivity contribution < 1.29 is 13.9 Å². The molecule has 0 amide bonds. The molecule has 1 aromatic rings. The summed E-state index contributed by atoms with van der Waals surface area (Å²) in [6, 6.07) is 4.91. The van der Waals surface area contributed by atoms with Crippen molar-refractivity contribution in [2.75, 3.05) is 18.1 Å². The Hall–Kier alpha value is -0.690. The van der Waals surface area contributed by atoms with Crippen molar-refractivity contribution in [2.45, 2.75) is 12.6 Å². The number of anilines is 1. The van der Waals surface area contributed by atoms with E-state index in [2.05, 4.69) is 0 Å². The van der Waals surface area contributed by atoms with E-state index in [1.165, 1.54) is 6.07 Å². The molecule has 5 heteroatoms. The lowest BCUT2D eigenvalue weighted by Gasteiger charge is -2.30. The highest BCUT2D eigenvalue weighted by molar-refractivity contribution is 14.1. The maximum absolute atomic E-state index is 13.4. The van der Waals surface area contributed by atoms with E-state index < -0.39 is 5.72 Å². The zero-order valence-electron chi connectivity index (χ0n) is 8.74. The Balaban J connectivity index is 2.37. The minimum absolute atomic E-state index is 0.279. The topological polar surface area (TPSA) is 29.5 Å². The molecular formula is C11H11FINO2. The zero-order valence-corrected chi connectivity index (χ0v) is 10.9. The molecule has 0 N–H and O–H groups in total. The van der Waals surface area contributed by atoms with Crippen LogP contribution in [-0.4, -0.2) is 25.2 Å². The highest BCUT2D eigenvalue weighted by Crippen LogP contribution is 2.29. The largest absolute Gasteiger partial charge is 0.347 e. The Kier molecular flexibility index (Phi) is 3.16. The van der Waals surface area contributed by atoms with Crippen LogP contribution in [0, 0.1) is 9.39 Å². The van der Waals surface area contributed by atoms with Gasteiger partial charge < -0.3 is 9.64 Å². The second kappa shape index (κ2) is 4.29. The first-order chi connectivity index (χ1) is 7.57. The number of aldehydes is 1. The van der Waals surface area contributed by atoms with Crippen LogP contribution in [0.2, 0.25) is 0 Å². The molecule has 3 nitrogen and oxygen atoms in total. The van der Waals surface area contributed by atoms with Gasteiger partial charge >= 0.3 is 0 Å². The zero-order chi connectivity index (χ0) is 11.8. The van der Waals surface area contributed by atoms with Crippen LogP contribution in [0.25, 0.3) is 0 Å². The van der Waals surface area contributed by atoms with Gasteiger partial charge in [0.05, 0.1) is 6.61 Å². The molecular weight excluding hydrogens is 324 g/mol. The van der Waals surface area contributed by atoms with Gasteiger partial charge in [-0.2, -0.15) is 0 Å². The van der Waals surface area contributed by atoms with Gasteiger partial charge in [-0.15, -0.1) is 0 Å². The van der Waals surface area contributed by atoms with Crippen molar-refractivity contribution in [1.29, 1.82) is 0 Å².